The van der Waals surface area contributed by atoms with Gasteiger partial charge in [-0.3, -0.25) is 19.1 Å². The Morgan fingerprint density at radius 2 is 1.79 bits per heavy atom. The molecule has 17 nitrogen and oxygen atoms in total. The number of aromatic nitrogens is 4. The Kier molecular flexibility index (Phi) is 9.88. The fraction of sp³-hybridized carbons (Fsp3) is 0.300. The third-order valence-electron chi connectivity index (χ3n) is 7.48. The molecule has 1 fully saturated rings. The molecule has 1 aliphatic heterocycles. The van der Waals surface area contributed by atoms with Crippen LogP contribution in [0, 0.1) is 0 Å². The molecular formula is C30H32N8O9. The summed E-state index contributed by atoms with van der Waals surface area (Å²) in [6.45, 7) is -0.895. The summed E-state index contributed by atoms with van der Waals surface area (Å²) in [6, 6.07) is 12.3. The number of fused-ring (bicyclic) bond motifs is 1. The van der Waals surface area contributed by atoms with Gasteiger partial charge in [0.15, 0.2) is 23.8 Å². The van der Waals surface area contributed by atoms with Crippen molar-refractivity contribution >= 4 is 40.9 Å². The number of imidazole rings is 1. The Morgan fingerprint density at radius 1 is 1.06 bits per heavy atom. The number of imide groups is 1. The minimum absolute atomic E-state index is 0.0225. The molecule has 47 heavy (non-hydrogen) atoms. The van der Waals surface area contributed by atoms with Gasteiger partial charge in [0.25, 0.3) is 0 Å². The zero-order valence-corrected chi connectivity index (χ0v) is 25.0. The highest BCUT2D eigenvalue weighted by Gasteiger charge is 2.54. The number of ether oxygens (including phenoxy) is 3. The van der Waals surface area contributed by atoms with Crippen molar-refractivity contribution in [1.29, 1.82) is 0 Å². The third kappa shape index (κ3) is 7.11. The molecule has 0 saturated carbocycles. The molecule has 3 amide bonds. The second-order valence-corrected chi connectivity index (χ2v) is 10.5. The van der Waals surface area contributed by atoms with Crippen LogP contribution in [-0.4, -0.2) is 96.5 Å². The standard InChI is InChI=1S/C30H32N8O9/c1-45-18-9-7-16(8-10-18)11-19(31)27(41)38(20(39)12-33-30(44)46-13-17-5-3-2-4-6-17)22-23(40)28(47-24(22)29(42)43)37-15-36-21-25(32)34-14-35-26(21)37/h2-10,14-15,19,22-24,28,40H,11-13,31H2,1H3,(H,33,44)(H,42,43)(H2,32,34,35)/t19-,22-,23+,24-,28+/m0/s1. The van der Waals surface area contributed by atoms with E-state index in [1.807, 2.05) is 0 Å². The van der Waals surface area contributed by atoms with Crippen molar-refractivity contribution in [3.8, 4) is 5.75 Å². The Morgan fingerprint density at radius 3 is 2.47 bits per heavy atom. The minimum Gasteiger partial charge on any atom is -0.497 e. The lowest BCUT2D eigenvalue weighted by Gasteiger charge is -2.32. The summed E-state index contributed by atoms with van der Waals surface area (Å²) in [5, 5.41) is 23.9. The van der Waals surface area contributed by atoms with Gasteiger partial charge in [-0.1, -0.05) is 42.5 Å². The summed E-state index contributed by atoms with van der Waals surface area (Å²) >= 11 is 0. The fourth-order valence-corrected chi connectivity index (χ4v) is 5.16. The average molecular weight is 649 g/mol. The number of hydrogen-bond donors (Lipinski definition) is 5. The quantitative estimate of drug-likeness (QED) is 0.143. The van der Waals surface area contributed by atoms with E-state index in [2.05, 4.69) is 20.3 Å². The number of aliphatic hydroxyl groups is 1. The van der Waals surface area contributed by atoms with Gasteiger partial charge in [-0.15, -0.1) is 0 Å². The van der Waals surface area contributed by atoms with E-state index < -0.39 is 60.9 Å². The van der Waals surface area contributed by atoms with E-state index in [-0.39, 0.29) is 30.0 Å². The number of alkyl carbamates (subject to hydrolysis) is 1. The molecule has 1 saturated heterocycles. The Labute approximate surface area is 267 Å². The van der Waals surface area contributed by atoms with Crippen LogP contribution in [0.25, 0.3) is 11.2 Å². The molecule has 0 bridgehead atoms. The van der Waals surface area contributed by atoms with Crippen molar-refractivity contribution < 1.29 is 43.6 Å². The first-order valence-corrected chi connectivity index (χ1v) is 14.3. The predicted octanol–water partition coefficient (Wildman–Crippen LogP) is -0.0198. The number of carbonyl (C=O) groups is 4. The average Bonchev–Trinajstić information content (AvgIpc) is 3.65. The smallest absolute Gasteiger partial charge is 0.407 e. The van der Waals surface area contributed by atoms with Gasteiger partial charge in [0.1, 0.15) is 42.9 Å². The van der Waals surface area contributed by atoms with E-state index >= 15 is 0 Å². The van der Waals surface area contributed by atoms with Gasteiger partial charge in [-0.2, -0.15) is 0 Å². The van der Waals surface area contributed by atoms with Gasteiger partial charge in [0.2, 0.25) is 11.8 Å². The number of anilines is 1. The number of nitrogen functional groups attached to an aromatic ring is 1. The maximum absolute atomic E-state index is 13.9. The van der Waals surface area contributed by atoms with Gasteiger partial charge in [0, 0.05) is 0 Å². The number of amides is 3. The molecule has 5 atom stereocenters. The first kappa shape index (κ1) is 32.7. The van der Waals surface area contributed by atoms with Crippen LogP contribution in [0.2, 0.25) is 0 Å². The molecule has 1 aliphatic rings. The van der Waals surface area contributed by atoms with E-state index in [9.17, 15) is 29.4 Å². The molecule has 0 radical (unpaired) electrons. The van der Waals surface area contributed by atoms with Gasteiger partial charge >= 0.3 is 12.1 Å². The number of aliphatic carboxylic acids is 1. The van der Waals surface area contributed by atoms with Crippen LogP contribution in [0.4, 0.5) is 10.6 Å². The monoisotopic (exact) mass is 648 g/mol. The molecule has 2 aromatic carbocycles. The van der Waals surface area contributed by atoms with Crippen molar-refractivity contribution in [1.82, 2.24) is 29.7 Å². The molecule has 5 rings (SSSR count). The number of methoxy groups -OCH3 is 1. The number of nitrogens with two attached hydrogens (primary N) is 2. The highest BCUT2D eigenvalue weighted by molar-refractivity contribution is 6.00. The molecule has 2 aromatic heterocycles. The van der Waals surface area contributed by atoms with E-state index in [0.717, 1.165) is 6.33 Å². The number of carboxylic acid groups (broad SMARTS) is 1. The van der Waals surface area contributed by atoms with Gasteiger partial charge in [-0.25, -0.2) is 24.5 Å². The highest BCUT2D eigenvalue weighted by atomic mass is 16.6. The lowest BCUT2D eigenvalue weighted by Crippen LogP contribution is -2.60. The second kappa shape index (κ2) is 14.2. The summed E-state index contributed by atoms with van der Waals surface area (Å²) in [6.07, 6.45) is -3.91. The minimum atomic E-state index is -1.92. The molecule has 0 unspecified atom stereocenters. The Bertz CT molecular complexity index is 1750. The summed E-state index contributed by atoms with van der Waals surface area (Å²) in [7, 11) is 1.49. The van der Waals surface area contributed by atoms with Crippen molar-refractivity contribution in [2.75, 3.05) is 19.4 Å². The number of benzene rings is 2. The van der Waals surface area contributed by atoms with Crippen LogP contribution < -0.4 is 21.5 Å². The zero-order chi connectivity index (χ0) is 33.7. The second-order valence-electron chi connectivity index (χ2n) is 10.5. The van der Waals surface area contributed by atoms with Gasteiger partial charge < -0.3 is 41.2 Å². The molecule has 7 N–H and O–H groups in total. The number of nitrogens with one attached hydrogen (secondary N) is 1. The highest BCUT2D eigenvalue weighted by Crippen LogP contribution is 2.35. The molecule has 3 heterocycles. The maximum atomic E-state index is 13.9. The van der Waals surface area contributed by atoms with Crippen LogP contribution in [0.15, 0.2) is 67.3 Å². The normalized spacial score (nSPS) is 19.6. The SMILES string of the molecule is COc1ccc(C[C@H](N)C(=O)N(C(=O)CNC(=O)OCc2ccccc2)[C@H]2[C@@H](O)[C@H](n3cnc4c(N)ncnc43)O[C@@H]2C(=O)O)cc1. The van der Waals surface area contributed by atoms with E-state index in [4.69, 9.17) is 25.7 Å². The number of nitrogens with zero attached hydrogens (tertiary/aromatic N) is 5. The number of carbonyl (C=O) groups excluding carboxylic acids is 3. The van der Waals surface area contributed by atoms with Crippen molar-refractivity contribution in [2.24, 2.45) is 5.73 Å². The van der Waals surface area contributed by atoms with Crippen molar-refractivity contribution in [3.05, 3.63) is 78.4 Å². The molecule has 4 aromatic rings. The fourth-order valence-electron chi connectivity index (χ4n) is 5.16. The van der Waals surface area contributed by atoms with E-state index in [1.165, 1.54) is 18.0 Å². The number of hydrogen-bond acceptors (Lipinski definition) is 13. The summed E-state index contributed by atoms with van der Waals surface area (Å²) in [5.74, 6) is -3.09. The lowest BCUT2D eigenvalue weighted by molar-refractivity contribution is -0.158. The molecule has 0 aliphatic carbocycles. The molecule has 246 valence electrons. The Hall–Kier alpha value is -5.65. The number of aliphatic hydroxyl groups excluding tert-OH is 1. The molecule has 17 heteroatoms. The van der Waals surface area contributed by atoms with Gasteiger partial charge in [-0.05, 0) is 29.7 Å². The van der Waals surface area contributed by atoms with Crippen LogP contribution in [-0.2, 0) is 36.9 Å². The van der Waals surface area contributed by atoms with Crippen LogP contribution in [0.3, 0.4) is 0 Å². The van der Waals surface area contributed by atoms with Crippen molar-refractivity contribution in [3.63, 3.8) is 0 Å². The summed E-state index contributed by atoms with van der Waals surface area (Å²) in [5.41, 5.74) is 13.7. The van der Waals surface area contributed by atoms with Crippen molar-refractivity contribution in [2.45, 2.75) is 43.5 Å². The summed E-state index contributed by atoms with van der Waals surface area (Å²) in [4.78, 5) is 65.1. The van der Waals surface area contributed by atoms with Gasteiger partial charge in [0.05, 0.1) is 19.5 Å². The first-order valence-electron chi connectivity index (χ1n) is 14.3. The third-order valence-corrected chi connectivity index (χ3v) is 7.48. The van der Waals surface area contributed by atoms with E-state index in [1.54, 1.807) is 54.6 Å². The number of carboxylic acids is 1. The maximum Gasteiger partial charge on any atom is 0.407 e. The van der Waals surface area contributed by atoms with Crippen LogP contribution in [0.1, 0.15) is 17.4 Å². The predicted molar refractivity (Wildman–Crippen MR) is 162 cm³/mol. The van der Waals surface area contributed by atoms with Crippen LogP contribution in [0.5, 0.6) is 5.75 Å². The molecule has 0 spiro atoms. The summed E-state index contributed by atoms with van der Waals surface area (Å²) < 4.78 is 17.2. The Balaban J connectivity index is 1.42. The number of rotatable bonds is 11. The largest absolute Gasteiger partial charge is 0.497 e. The topological polar surface area (TPSA) is 247 Å². The van der Waals surface area contributed by atoms with Crippen LogP contribution >= 0.6 is 0 Å². The first-order chi connectivity index (χ1) is 22.6. The zero-order valence-electron chi connectivity index (χ0n) is 25.0. The lowest BCUT2D eigenvalue weighted by atomic mass is 10.0. The molecular weight excluding hydrogens is 616 g/mol. The van der Waals surface area contributed by atoms with E-state index in [0.29, 0.717) is 21.8 Å².